The molecule has 19 heteroatoms. The van der Waals surface area contributed by atoms with Crippen molar-refractivity contribution in [1.82, 2.24) is 40.4 Å². The van der Waals surface area contributed by atoms with Gasteiger partial charge >= 0.3 is 11.9 Å². The average Bonchev–Trinajstić information content (AvgIpc) is 1.15. The van der Waals surface area contributed by atoms with Crippen LogP contribution in [0.25, 0.3) is 45.0 Å². The van der Waals surface area contributed by atoms with E-state index in [1.54, 1.807) is 66.1 Å². The third-order valence-corrected chi connectivity index (χ3v) is 17.4. The lowest BCUT2D eigenvalue weighted by molar-refractivity contribution is -0.159. The van der Waals surface area contributed by atoms with E-state index in [4.69, 9.17) is 18.9 Å². The molecule has 2 saturated heterocycles. The first-order valence-electron chi connectivity index (χ1n) is 34.1. The summed E-state index contributed by atoms with van der Waals surface area (Å²) in [6, 6.07) is 42.8. The van der Waals surface area contributed by atoms with Crippen molar-refractivity contribution in [3.8, 4) is 62.3 Å². The van der Waals surface area contributed by atoms with Gasteiger partial charge in [-0.3, -0.25) is 28.8 Å². The molecule has 0 radical (unpaired) electrons. The molecule has 2 aromatic heterocycles. The van der Waals surface area contributed by atoms with Gasteiger partial charge in [-0.25, -0.2) is 19.9 Å². The van der Waals surface area contributed by atoms with Crippen molar-refractivity contribution in [3.63, 3.8) is 0 Å². The summed E-state index contributed by atoms with van der Waals surface area (Å²) in [4.78, 5) is 102. The molecule has 98 heavy (non-hydrogen) atoms. The zero-order valence-corrected chi connectivity index (χ0v) is 56.7. The number of nitrogens with one attached hydrogen (secondary N) is 2. The Hall–Kier alpha value is -10.3. The predicted octanol–water partition coefficient (Wildman–Crippen LogP) is 12.5. The van der Waals surface area contributed by atoms with Crippen molar-refractivity contribution >= 4 is 35.6 Å². The second-order valence-electron chi connectivity index (χ2n) is 26.7. The molecular weight excluding hydrogens is 1240 g/mol. The van der Waals surface area contributed by atoms with Gasteiger partial charge in [-0.05, 0) is 138 Å². The topological polar surface area (TPSA) is 242 Å². The van der Waals surface area contributed by atoms with E-state index in [9.17, 15) is 33.9 Å². The second-order valence-corrected chi connectivity index (χ2v) is 26.7. The molecule has 8 aromatic rings. The number of carbonyl (C=O) groups excluding carboxylic acids is 5. The van der Waals surface area contributed by atoms with Crippen molar-refractivity contribution < 1.29 is 52.8 Å². The quantitative estimate of drug-likeness (QED) is 0.0256. The van der Waals surface area contributed by atoms with Crippen LogP contribution in [0.15, 0.2) is 170 Å². The molecule has 4 amide bonds. The van der Waals surface area contributed by atoms with Gasteiger partial charge in [0.25, 0.3) is 11.8 Å². The lowest BCUT2D eigenvalue weighted by atomic mass is 9.96. The van der Waals surface area contributed by atoms with Gasteiger partial charge in [0.05, 0.1) is 38.3 Å². The first kappa shape index (κ1) is 70.5. The van der Waals surface area contributed by atoms with Gasteiger partial charge in [0.15, 0.2) is 11.6 Å². The van der Waals surface area contributed by atoms with Crippen LogP contribution in [0, 0.1) is 29.6 Å². The Morgan fingerprint density at radius 3 is 1.15 bits per heavy atom. The molecule has 0 spiro atoms. The highest BCUT2D eigenvalue weighted by Gasteiger charge is 2.41. The highest BCUT2D eigenvalue weighted by molar-refractivity contribution is 5.99. The van der Waals surface area contributed by atoms with Gasteiger partial charge in [0.1, 0.15) is 29.3 Å². The van der Waals surface area contributed by atoms with Gasteiger partial charge in [-0.15, -0.1) is 0 Å². The van der Waals surface area contributed by atoms with Crippen LogP contribution in [-0.2, 0) is 43.2 Å². The van der Waals surface area contributed by atoms with E-state index in [-0.39, 0.29) is 75.5 Å². The van der Waals surface area contributed by atoms with E-state index >= 15 is 0 Å². The fourth-order valence-corrected chi connectivity index (χ4v) is 11.6. The fourth-order valence-electron chi connectivity index (χ4n) is 11.6. The maximum atomic E-state index is 14.2. The number of hydrogen-bond acceptors (Lipinski definition) is 14. The number of amides is 4. The third-order valence-electron chi connectivity index (χ3n) is 17.4. The van der Waals surface area contributed by atoms with Crippen LogP contribution in [0.1, 0.15) is 111 Å². The Morgan fingerprint density at radius 2 is 0.765 bits per heavy atom. The van der Waals surface area contributed by atoms with Crippen LogP contribution in [0.4, 0.5) is 0 Å². The minimum atomic E-state index is -0.992. The first-order chi connectivity index (χ1) is 47.4. The lowest BCUT2D eigenvalue weighted by Gasteiger charge is -2.39. The van der Waals surface area contributed by atoms with Crippen molar-refractivity contribution in [2.24, 2.45) is 29.6 Å². The van der Waals surface area contributed by atoms with Gasteiger partial charge in [-0.1, -0.05) is 126 Å². The number of carboxylic acids is 1. The molecule has 0 saturated carbocycles. The molecule has 2 atom stereocenters. The molecular formula is C79H88N8O11. The number of aliphatic carboxylic acids is 1. The van der Waals surface area contributed by atoms with Gasteiger partial charge < -0.3 is 44.5 Å². The number of carbonyl (C=O) groups is 6. The van der Waals surface area contributed by atoms with E-state index in [2.05, 4.69) is 72.1 Å². The molecule has 4 heterocycles. The Kier molecular flexibility index (Phi) is 24.5. The van der Waals surface area contributed by atoms with Crippen LogP contribution >= 0.6 is 0 Å². The summed E-state index contributed by atoms with van der Waals surface area (Å²) in [5.74, 6) is 0.695. The monoisotopic (exact) mass is 1320 g/mol. The normalized spacial score (nSPS) is 13.7. The number of rotatable bonds is 33. The Morgan fingerprint density at radius 1 is 0.418 bits per heavy atom. The maximum Gasteiger partial charge on any atom is 0.312 e. The highest BCUT2D eigenvalue weighted by atomic mass is 16.5. The molecule has 10 rings (SSSR count). The third kappa shape index (κ3) is 19.9. The maximum absolute atomic E-state index is 14.2. The summed E-state index contributed by atoms with van der Waals surface area (Å²) in [6.45, 7) is 15.1. The summed E-state index contributed by atoms with van der Waals surface area (Å²) in [5.41, 5.74) is 8.62. The van der Waals surface area contributed by atoms with Crippen LogP contribution < -0.4 is 24.8 Å². The molecule has 2 aliphatic rings. The van der Waals surface area contributed by atoms with E-state index < -0.39 is 41.8 Å². The number of esters is 1. The minimum Gasteiger partial charge on any atom is -0.494 e. The summed E-state index contributed by atoms with van der Waals surface area (Å²) in [7, 11) is 0. The van der Waals surface area contributed by atoms with Gasteiger partial charge in [-0.2, -0.15) is 0 Å². The Labute approximate surface area is 573 Å². The number of likely N-dealkylation sites (tertiary alicyclic amines) is 2. The molecule has 6 aromatic carbocycles. The minimum absolute atomic E-state index is 0.0482. The number of hydrogen-bond donors (Lipinski definition) is 3. The summed E-state index contributed by atoms with van der Waals surface area (Å²) < 4.78 is 23.4. The van der Waals surface area contributed by atoms with Crippen molar-refractivity contribution in [2.75, 3.05) is 52.6 Å². The Balaban J connectivity index is 0.680. The largest absolute Gasteiger partial charge is 0.494 e. The molecule has 2 fully saturated rings. The molecule has 2 aliphatic heterocycles. The first-order valence-corrected chi connectivity index (χ1v) is 34.1. The van der Waals surface area contributed by atoms with E-state index in [1.807, 2.05) is 109 Å². The zero-order chi connectivity index (χ0) is 69.1. The fraction of sp³-hybridized carbons (Fsp3) is 0.367. The SMILES string of the molecule is CC(C)CCCOc1ccc(-c2cnc(-c3ccc(C[C@H](NC(=O)c4ccc(OCCCOC(=O)C5CN(C(=O)[C@H](Cc6ccc(-c7ncc(-c8ccc(OCCCC(C)C)cc8)cn7)cc6)NC(=O)c6ccc(CC(C)C)cc6)C5)cc4)C(=O)N4CC(C(=O)O)C4)cc3)nc2)cc1. The van der Waals surface area contributed by atoms with Crippen molar-refractivity contribution in [2.45, 2.75) is 105 Å². The van der Waals surface area contributed by atoms with Crippen LogP contribution in [0.2, 0.25) is 0 Å². The molecule has 0 bridgehead atoms. The van der Waals surface area contributed by atoms with Gasteiger partial charge in [0, 0.05) is 104 Å². The van der Waals surface area contributed by atoms with E-state index in [0.29, 0.717) is 60.4 Å². The summed E-state index contributed by atoms with van der Waals surface area (Å²) >= 11 is 0. The number of benzene rings is 6. The van der Waals surface area contributed by atoms with Gasteiger partial charge in [0.2, 0.25) is 11.8 Å². The van der Waals surface area contributed by atoms with Crippen LogP contribution in [-0.4, -0.2) is 135 Å². The smallest absolute Gasteiger partial charge is 0.312 e. The standard InChI is InChI=1S/C79H88N8O11/c1-51(2)10-7-36-95-67-30-24-57(25-31-67)63-43-80-72(81-44-63)59-18-12-55(13-19-59)41-70(76(90)86-47-65(48-86)78(92)93)85-75(89)62-28-34-69(35-29-62)97-38-9-39-98-79(94)66-49-87(50-66)77(91)71(84-74(88)61-22-16-54(17-23-61)40-53(5)6)42-56-14-20-60(21-15-56)73-82-45-64(46-83-73)58-26-32-68(33-27-58)96-37-8-11-52(3)4/h12-35,43-46,51-53,65-66,70-71H,7-11,36-42,47-50H2,1-6H3,(H,84,88)(H,85,89)(H,92,93)/t70-,71-/m0/s1. The number of aromatic nitrogens is 4. The molecule has 3 N–H and O–H groups in total. The highest BCUT2D eigenvalue weighted by Crippen LogP contribution is 2.28. The lowest BCUT2D eigenvalue weighted by Crippen LogP contribution is -2.59. The van der Waals surface area contributed by atoms with Crippen molar-refractivity contribution in [1.29, 1.82) is 0 Å². The predicted molar refractivity (Wildman–Crippen MR) is 375 cm³/mol. The average molecular weight is 1330 g/mol. The number of ether oxygens (including phenoxy) is 4. The van der Waals surface area contributed by atoms with Crippen LogP contribution in [0.5, 0.6) is 17.2 Å². The molecule has 0 aliphatic carbocycles. The number of carboxylic acid groups (broad SMARTS) is 1. The van der Waals surface area contributed by atoms with Crippen LogP contribution in [0.3, 0.4) is 0 Å². The Bertz CT molecular complexity index is 3930. The molecule has 0 unspecified atom stereocenters. The second kappa shape index (κ2) is 34.1. The molecule has 510 valence electrons. The summed E-state index contributed by atoms with van der Waals surface area (Å²) in [6.07, 6.45) is 13.0. The van der Waals surface area contributed by atoms with E-state index in [0.717, 1.165) is 93.7 Å². The molecule has 19 nitrogen and oxygen atoms in total. The summed E-state index contributed by atoms with van der Waals surface area (Å²) in [5, 5.41) is 15.4. The zero-order valence-electron chi connectivity index (χ0n) is 56.7. The van der Waals surface area contributed by atoms with E-state index in [1.165, 1.54) is 4.90 Å². The number of nitrogens with zero attached hydrogens (tertiary/aromatic N) is 6. The van der Waals surface area contributed by atoms with Crippen molar-refractivity contribution in [3.05, 3.63) is 198 Å².